The third-order valence-electron chi connectivity index (χ3n) is 2.43. The summed E-state index contributed by atoms with van der Waals surface area (Å²) >= 11 is 0. The molecular weight excluding hydrogens is 236 g/mol. The van der Waals surface area contributed by atoms with Crippen LogP contribution in [0.4, 0.5) is 8.78 Å². The Morgan fingerprint density at radius 3 is 1.83 bits per heavy atom. The molecule has 0 aromatic heterocycles. The van der Waals surface area contributed by atoms with Gasteiger partial charge in [-0.25, -0.2) is 0 Å². The Hall–Kier alpha value is -2.41. The van der Waals surface area contributed by atoms with Crippen molar-refractivity contribution in [3.05, 3.63) is 54.1 Å². The number of benzene rings is 2. The summed E-state index contributed by atoms with van der Waals surface area (Å²) in [6, 6.07) is 15.4. The van der Waals surface area contributed by atoms with Gasteiger partial charge in [0.25, 0.3) is 0 Å². The van der Waals surface area contributed by atoms with E-state index in [9.17, 15) is 8.78 Å². The molecule has 0 unspecified atom stereocenters. The molecule has 2 rings (SSSR count). The molecule has 0 atom stereocenters. The third-order valence-corrected chi connectivity index (χ3v) is 2.43. The summed E-state index contributed by atoms with van der Waals surface area (Å²) in [5.74, 6) is 0.127. The number of nitrogens with zero attached hydrogens (tertiary/aromatic N) is 1. The van der Waals surface area contributed by atoms with Crippen molar-refractivity contribution in [3.63, 3.8) is 0 Å². The largest absolute Gasteiger partial charge is 0.435 e. The van der Waals surface area contributed by atoms with E-state index in [2.05, 4.69) is 4.74 Å². The van der Waals surface area contributed by atoms with Crippen LogP contribution in [0.25, 0.3) is 11.1 Å². The Bertz CT molecular complexity index is 556. The second-order valence-corrected chi connectivity index (χ2v) is 3.59. The van der Waals surface area contributed by atoms with Crippen molar-refractivity contribution in [1.82, 2.24) is 0 Å². The molecule has 2 aromatic rings. The normalized spacial score (nSPS) is 10.1. The summed E-state index contributed by atoms with van der Waals surface area (Å²) < 4.78 is 28.2. The van der Waals surface area contributed by atoms with Crippen LogP contribution >= 0.6 is 0 Å². The monoisotopic (exact) mass is 245 g/mol. The van der Waals surface area contributed by atoms with E-state index >= 15 is 0 Å². The number of alkyl halides is 2. The first-order chi connectivity index (χ1) is 8.69. The lowest BCUT2D eigenvalue weighted by Crippen LogP contribution is -2.01. The van der Waals surface area contributed by atoms with Gasteiger partial charge in [0.2, 0.25) is 0 Å². The molecule has 0 spiro atoms. The van der Waals surface area contributed by atoms with E-state index in [4.69, 9.17) is 5.26 Å². The van der Waals surface area contributed by atoms with E-state index in [1.165, 1.54) is 12.1 Å². The van der Waals surface area contributed by atoms with Crippen LogP contribution in [0.2, 0.25) is 0 Å². The van der Waals surface area contributed by atoms with Gasteiger partial charge in [-0.3, -0.25) is 0 Å². The zero-order valence-electron chi connectivity index (χ0n) is 9.31. The molecule has 0 radical (unpaired) electrons. The van der Waals surface area contributed by atoms with Gasteiger partial charge in [0.15, 0.2) is 0 Å². The number of hydrogen-bond donors (Lipinski definition) is 0. The Morgan fingerprint density at radius 2 is 1.39 bits per heavy atom. The van der Waals surface area contributed by atoms with Gasteiger partial charge < -0.3 is 4.74 Å². The molecule has 2 nitrogen and oxygen atoms in total. The predicted molar refractivity (Wildman–Crippen MR) is 63.2 cm³/mol. The molecule has 18 heavy (non-hydrogen) atoms. The van der Waals surface area contributed by atoms with Crippen LogP contribution in [0.15, 0.2) is 48.5 Å². The van der Waals surface area contributed by atoms with Crippen molar-refractivity contribution in [2.24, 2.45) is 0 Å². The zero-order chi connectivity index (χ0) is 13.0. The summed E-state index contributed by atoms with van der Waals surface area (Å²) in [4.78, 5) is 0. The minimum atomic E-state index is -2.81. The number of hydrogen-bond acceptors (Lipinski definition) is 2. The molecule has 0 amide bonds. The molecule has 0 aliphatic carbocycles. The van der Waals surface area contributed by atoms with Crippen LogP contribution in [0.1, 0.15) is 5.56 Å². The molecule has 0 bridgehead atoms. The maximum absolute atomic E-state index is 12.0. The second-order valence-electron chi connectivity index (χ2n) is 3.59. The minimum absolute atomic E-state index is 0.127. The predicted octanol–water partition coefficient (Wildman–Crippen LogP) is 3.83. The van der Waals surface area contributed by atoms with Crippen LogP contribution in [0.5, 0.6) is 5.75 Å². The lowest BCUT2D eigenvalue weighted by molar-refractivity contribution is -0.0498. The molecule has 0 heterocycles. The fourth-order valence-corrected chi connectivity index (χ4v) is 1.57. The van der Waals surface area contributed by atoms with E-state index in [1.807, 2.05) is 18.2 Å². The molecule has 0 aliphatic heterocycles. The van der Waals surface area contributed by atoms with Gasteiger partial charge in [0.05, 0.1) is 11.6 Å². The first kappa shape index (κ1) is 12.1. The quantitative estimate of drug-likeness (QED) is 0.823. The van der Waals surface area contributed by atoms with Gasteiger partial charge in [-0.05, 0) is 35.4 Å². The highest BCUT2D eigenvalue weighted by Crippen LogP contribution is 2.23. The fourth-order valence-electron chi connectivity index (χ4n) is 1.57. The van der Waals surface area contributed by atoms with Crippen molar-refractivity contribution < 1.29 is 13.5 Å². The Kier molecular flexibility index (Phi) is 3.54. The van der Waals surface area contributed by atoms with E-state index < -0.39 is 6.61 Å². The van der Waals surface area contributed by atoms with E-state index in [0.717, 1.165) is 11.1 Å². The van der Waals surface area contributed by atoms with Gasteiger partial charge in [0, 0.05) is 0 Å². The van der Waals surface area contributed by atoms with E-state index in [-0.39, 0.29) is 5.75 Å². The van der Waals surface area contributed by atoms with Crippen molar-refractivity contribution in [3.8, 4) is 22.9 Å². The van der Waals surface area contributed by atoms with Gasteiger partial charge in [-0.15, -0.1) is 0 Å². The van der Waals surface area contributed by atoms with Gasteiger partial charge in [0.1, 0.15) is 5.75 Å². The third kappa shape index (κ3) is 2.83. The van der Waals surface area contributed by atoms with Gasteiger partial charge in [-0.2, -0.15) is 14.0 Å². The Labute approximate surface area is 103 Å². The lowest BCUT2D eigenvalue weighted by Gasteiger charge is -2.06. The molecule has 0 saturated heterocycles. The second kappa shape index (κ2) is 5.28. The number of ether oxygens (including phenoxy) is 1. The first-order valence-corrected chi connectivity index (χ1v) is 5.24. The van der Waals surface area contributed by atoms with Crippen molar-refractivity contribution in [2.45, 2.75) is 6.61 Å². The van der Waals surface area contributed by atoms with Crippen molar-refractivity contribution >= 4 is 0 Å². The summed E-state index contributed by atoms with van der Waals surface area (Å²) in [5, 5.41) is 8.68. The van der Waals surface area contributed by atoms with E-state index in [0.29, 0.717) is 5.56 Å². The van der Waals surface area contributed by atoms with Crippen LogP contribution in [0.3, 0.4) is 0 Å². The maximum Gasteiger partial charge on any atom is 0.387 e. The fraction of sp³-hybridized carbons (Fsp3) is 0.0714. The highest BCUT2D eigenvalue weighted by atomic mass is 19.3. The first-order valence-electron chi connectivity index (χ1n) is 5.24. The van der Waals surface area contributed by atoms with Gasteiger partial charge >= 0.3 is 6.61 Å². The average Bonchev–Trinajstić information content (AvgIpc) is 2.39. The van der Waals surface area contributed by atoms with Crippen LogP contribution in [-0.2, 0) is 0 Å². The zero-order valence-corrected chi connectivity index (χ0v) is 9.31. The highest BCUT2D eigenvalue weighted by Gasteiger charge is 2.04. The number of rotatable bonds is 3. The molecule has 90 valence electrons. The van der Waals surface area contributed by atoms with Crippen molar-refractivity contribution in [2.75, 3.05) is 0 Å². The van der Waals surface area contributed by atoms with Crippen LogP contribution in [0, 0.1) is 11.3 Å². The summed E-state index contributed by atoms with van der Waals surface area (Å²) in [6.07, 6.45) is 0. The molecule has 4 heteroatoms. The van der Waals surface area contributed by atoms with Crippen molar-refractivity contribution in [1.29, 1.82) is 5.26 Å². The maximum atomic E-state index is 12.0. The molecule has 2 aromatic carbocycles. The summed E-state index contributed by atoms with van der Waals surface area (Å²) in [5.41, 5.74) is 2.37. The van der Waals surface area contributed by atoms with Gasteiger partial charge in [-0.1, -0.05) is 24.3 Å². The standard InChI is InChI=1S/C14H9F2NO/c15-14(16)18-13-7-5-12(6-8-13)11-3-1-10(9-17)2-4-11/h1-8,14H. The number of nitriles is 1. The summed E-state index contributed by atoms with van der Waals surface area (Å²) in [6.45, 7) is -2.81. The summed E-state index contributed by atoms with van der Waals surface area (Å²) in [7, 11) is 0. The Morgan fingerprint density at radius 1 is 0.889 bits per heavy atom. The number of halogens is 2. The molecule has 0 aliphatic rings. The minimum Gasteiger partial charge on any atom is -0.435 e. The SMILES string of the molecule is N#Cc1ccc(-c2ccc(OC(F)F)cc2)cc1. The smallest absolute Gasteiger partial charge is 0.387 e. The molecule has 0 N–H and O–H groups in total. The lowest BCUT2D eigenvalue weighted by atomic mass is 10.0. The highest BCUT2D eigenvalue weighted by molar-refractivity contribution is 5.64. The molecule has 0 saturated carbocycles. The van der Waals surface area contributed by atoms with Crippen LogP contribution < -0.4 is 4.74 Å². The molecular formula is C14H9F2NO. The van der Waals surface area contributed by atoms with Crippen LogP contribution in [-0.4, -0.2) is 6.61 Å². The van der Waals surface area contributed by atoms with E-state index in [1.54, 1.807) is 24.3 Å². The topological polar surface area (TPSA) is 33.0 Å². The Balaban J connectivity index is 2.20. The molecule has 0 fully saturated rings. The average molecular weight is 245 g/mol.